The zero-order valence-electron chi connectivity index (χ0n) is 27.5. The zero-order valence-corrected chi connectivity index (χ0v) is 28.3. The maximum Gasteiger partial charge on any atom is 0.270 e. The lowest BCUT2D eigenvalue weighted by atomic mass is 9.91. The van der Waals surface area contributed by atoms with Gasteiger partial charge in [0.2, 0.25) is 5.88 Å². The van der Waals surface area contributed by atoms with Gasteiger partial charge in [-0.05, 0) is 93.8 Å². The predicted octanol–water partition coefficient (Wildman–Crippen LogP) is 6.22. The normalized spacial score (nSPS) is 21.4. The minimum Gasteiger partial charge on any atom is -0.438 e. The summed E-state index contributed by atoms with van der Waals surface area (Å²) in [4.78, 5) is 36.4. The number of nitrogens with zero attached hydrogens (tertiary/aromatic N) is 3. The number of ether oxygens (including phenoxy) is 1. The predicted molar refractivity (Wildman–Crippen MR) is 186 cm³/mol. The van der Waals surface area contributed by atoms with E-state index in [1.165, 1.54) is 16.9 Å². The molecule has 6 rings (SSSR count). The molecule has 3 N–H and O–H groups in total. The van der Waals surface area contributed by atoms with Crippen LogP contribution in [0.2, 0.25) is 0 Å². The number of rotatable bonds is 11. The Hall–Kier alpha value is -4.19. The van der Waals surface area contributed by atoms with Crippen LogP contribution in [-0.2, 0) is 6.42 Å². The van der Waals surface area contributed by atoms with E-state index >= 15 is 0 Å². The number of piperazine rings is 1. The van der Waals surface area contributed by atoms with Gasteiger partial charge in [0.15, 0.2) is 0 Å². The summed E-state index contributed by atoms with van der Waals surface area (Å²) >= 11 is 1.38. The second-order valence-corrected chi connectivity index (χ2v) is 13.8. The maximum atomic E-state index is 14.3. The Morgan fingerprint density at radius 3 is 2.33 bits per heavy atom. The largest absolute Gasteiger partial charge is 0.438 e. The van der Waals surface area contributed by atoms with E-state index in [0.717, 1.165) is 55.9 Å². The van der Waals surface area contributed by atoms with E-state index < -0.39 is 11.7 Å². The van der Waals surface area contributed by atoms with Crippen molar-refractivity contribution in [2.45, 2.75) is 76.5 Å². The molecular weight excluding hydrogens is 628 g/mol. The van der Waals surface area contributed by atoms with Crippen LogP contribution >= 0.6 is 11.3 Å². The van der Waals surface area contributed by atoms with Crippen molar-refractivity contribution < 1.29 is 18.7 Å². The van der Waals surface area contributed by atoms with Crippen LogP contribution in [0, 0.1) is 5.82 Å². The van der Waals surface area contributed by atoms with Crippen LogP contribution in [0.1, 0.15) is 72.4 Å². The smallest absolute Gasteiger partial charge is 0.270 e. The Balaban J connectivity index is 1.03. The summed E-state index contributed by atoms with van der Waals surface area (Å²) in [6, 6.07) is 18.3. The molecule has 4 aromatic rings. The van der Waals surface area contributed by atoms with E-state index in [-0.39, 0.29) is 29.4 Å². The average Bonchev–Trinajstić information content (AvgIpc) is 3.62. The van der Waals surface area contributed by atoms with Crippen LogP contribution in [0.4, 0.5) is 4.39 Å². The fourth-order valence-electron chi connectivity index (χ4n) is 6.74. The highest BCUT2D eigenvalue weighted by Crippen LogP contribution is 2.29. The number of hydrogen-bond donors (Lipinski definition) is 3. The van der Waals surface area contributed by atoms with Crippen molar-refractivity contribution in [2.75, 3.05) is 19.6 Å². The van der Waals surface area contributed by atoms with E-state index in [1.54, 1.807) is 17.0 Å². The molecule has 9 nitrogen and oxygen atoms in total. The molecule has 11 heteroatoms. The molecule has 252 valence electrons. The second-order valence-electron chi connectivity index (χ2n) is 13.0. The summed E-state index contributed by atoms with van der Waals surface area (Å²) in [5, 5.41) is 11.3. The number of aromatic nitrogens is 2. The summed E-state index contributed by atoms with van der Waals surface area (Å²) in [5.41, 5.74) is 5.41. The van der Waals surface area contributed by atoms with Gasteiger partial charge in [-0.25, -0.2) is 14.4 Å². The molecule has 1 aliphatic heterocycles. The molecule has 1 saturated carbocycles. The average molecular weight is 671 g/mol. The Kier molecular flexibility index (Phi) is 11.1. The third kappa shape index (κ3) is 9.03. The number of amides is 2. The van der Waals surface area contributed by atoms with Crippen LogP contribution < -0.4 is 20.7 Å². The third-order valence-corrected chi connectivity index (χ3v) is 9.62. The summed E-state index contributed by atoms with van der Waals surface area (Å²) < 4.78 is 20.4. The SMILES string of the molecule is CC1CN(CCCc2ccc(-c3cccc(Oc4ncc(F)cc4C(=O)NC4CCC(NC(=O)c5cscn5)CC4)c3)cc2)CC(C)N1. The summed E-state index contributed by atoms with van der Waals surface area (Å²) in [5.74, 6) is -0.704. The van der Waals surface area contributed by atoms with E-state index in [0.29, 0.717) is 49.2 Å². The number of pyridine rings is 1. The molecule has 1 saturated heterocycles. The van der Waals surface area contributed by atoms with Gasteiger partial charge in [-0.3, -0.25) is 9.59 Å². The molecule has 2 aliphatic rings. The van der Waals surface area contributed by atoms with Gasteiger partial charge < -0.3 is 25.6 Å². The van der Waals surface area contributed by atoms with Crippen LogP contribution in [-0.4, -0.2) is 70.5 Å². The highest BCUT2D eigenvalue weighted by atomic mass is 32.1. The van der Waals surface area contributed by atoms with Gasteiger partial charge in [0.1, 0.15) is 22.8 Å². The topological polar surface area (TPSA) is 108 Å². The lowest BCUT2D eigenvalue weighted by Gasteiger charge is -2.36. The summed E-state index contributed by atoms with van der Waals surface area (Å²) in [6.45, 7) is 7.79. The van der Waals surface area contributed by atoms with Crippen molar-refractivity contribution in [1.82, 2.24) is 30.8 Å². The highest BCUT2D eigenvalue weighted by Gasteiger charge is 2.26. The standard InChI is InChI=1S/C37H43FN6O3S/c1-24-20-44(21-25(2)41-24)16-4-5-26-8-10-27(11-9-26)28-6-3-7-32(17-28)47-37-33(18-29(38)19-39-37)35(45)42-30-12-14-31(15-13-30)43-36(46)34-22-48-23-40-34/h3,6-11,17-19,22-25,30-31,41H,4-5,12-16,20-21H2,1-2H3,(H,42,45)(H,43,46). The first-order valence-corrected chi connectivity index (χ1v) is 17.7. The summed E-state index contributed by atoms with van der Waals surface area (Å²) in [7, 11) is 0. The van der Waals surface area contributed by atoms with Crippen LogP contribution in [0.25, 0.3) is 11.1 Å². The van der Waals surface area contributed by atoms with Crippen LogP contribution in [0.15, 0.2) is 71.7 Å². The Bertz CT molecular complexity index is 1670. The van der Waals surface area contributed by atoms with E-state index in [2.05, 4.69) is 68.9 Å². The molecule has 2 amide bonds. The van der Waals surface area contributed by atoms with Crippen molar-refractivity contribution in [1.29, 1.82) is 0 Å². The van der Waals surface area contributed by atoms with E-state index in [1.807, 2.05) is 18.2 Å². The molecule has 48 heavy (non-hydrogen) atoms. The fraction of sp³-hybridized carbons (Fsp3) is 0.405. The minimum absolute atomic E-state index is 0.0148. The molecule has 2 atom stereocenters. The summed E-state index contributed by atoms with van der Waals surface area (Å²) in [6.07, 6.45) is 6.00. The minimum atomic E-state index is -0.619. The maximum absolute atomic E-state index is 14.3. The molecule has 2 aromatic carbocycles. The molecule has 2 unspecified atom stereocenters. The first-order chi connectivity index (χ1) is 23.3. The first-order valence-electron chi connectivity index (χ1n) is 16.8. The van der Waals surface area contributed by atoms with Crippen molar-refractivity contribution in [2.24, 2.45) is 0 Å². The molecule has 3 heterocycles. The van der Waals surface area contributed by atoms with Crippen molar-refractivity contribution in [3.8, 4) is 22.8 Å². The van der Waals surface area contributed by atoms with Crippen LogP contribution in [0.3, 0.4) is 0 Å². The van der Waals surface area contributed by atoms with Crippen molar-refractivity contribution in [3.05, 3.63) is 94.3 Å². The third-order valence-electron chi connectivity index (χ3n) is 9.03. The number of hydrogen-bond acceptors (Lipinski definition) is 8. The Morgan fingerprint density at radius 1 is 0.938 bits per heavy atom. The fourth-order valence-corrected chi connectivity index (χ4v) is 7.28. The highest BCUT2D eigenvalue weighted by molar-refractivity contribution is 7.07. The molecular formula is C37H43FN6O3S. The Labute approximate surface area is 285 Å². The van der Waals surface area contributed by atoms with Crippen molar-refractivity contribution in [3.63, 3.8) is 0 Å². The number of aryl methyl sites for hydroxylation is 1. The van der Waals surface area contributed by atoms with Gasteiger partial charge in [0.05, 0.1) is 11.7 Å². The number of halogens is 1. The lowest BCUT2D eigenvalue weighted by Crippen LogP contribution is -2.54. The molecule has 0 bridgehead atoms. The van der Waals surface area contributed by atoms with Gasteiger partial charge in [0, 0.05) is 42.6 Å². The molecule has 1 aliphatic carbocycles. The number of carbonyl (C=O) groups excluding carboxylic acids is 2. The second kappa shape index (κ2) is 15.8. The number of carbonyl (C=O) groups is 2. The van der Waals surface area contributed by atoms with Gasteiger partial charge in [0.25, 0.3) is 11.8 Å². The zero-order chi connectivity index (χ0) is 33.5. The lowest BCUT2D eigenvalue weighted by molar-refractivity contribution is 0.0888. The van der Waals surface area contributed by atoms with Gasteiger partial charge in [-0.1, -0.05) is 36.4 Å². The first kappa shape index (κ1) is 33.7. The monoisotopic (exact) mass is 670 g/mol. The number of nitrogens with one attached hydrogen (secondary N) is 3. The molecule has 2 fully saturated rings. The molecule has 0 radical (unpaired) electrons. The van der Waals surface area contributed by atoms with Gasteiger partial charge in [-0.15, -0.1) is 11.3 Å². The molecule has 2 aromatic heterocycles. The van der Waals surface area contributed by atoms with E-state index in [4.69, 9.17) is 4.74 Å². The van der Waals surface area contributed by atoms with Gasteiger partial charge in [-0.2, -0.15) is 0 Å². The van der Waals surface area contributed by atoms with Crippen LogP contribution in [0.5, 0.6) is 11.6 Å². The number of thiazole rings is 1. The number of benzene rings is 2. The molecule has 0 spiro atoms. The van der Waals surface area contributed by atoms with Crippen molar-refractivity contribution >= 4 is 23.2 Å². The van der Waals surface area contributed by atoms with Gasteiger partial charge >= 0.3 is 0 Å². The Morgan fingerprint density at radius 2 is 1.65 bits per heavy atom. The quantitative estimate of drug-likeness (QED) is 0.174. The van der Waals surface area contributed by atoms with E-state index in [9.17, 15) is 14.0 Å².